The molecule has 3 N–H and O–H groups in total. The second-order valence-electron chi connectivity index (χ2n) is 6.07. The van der Waals surface area contributed by atoms with Crippen LogP contribution in [-0.2, 0) is 4.74 Å². The molecule has 110 valence electrons. The van der Waals surface area contributed by atoms with Crippen molar-refractivity contribution >= 4 is 29.9 Å². The summed E-state index contributed by atoms with van der Waals surface area (Å²) in [4.78, 5) is 4.42. The maximum Gasteiger partial charge on any atom is 0.188 e. The van der Waals surface area contributed by atoms with Gasteiger partial charge in [0.1, 0.15) is 0 Å². The minimum atomic E-state index is 0. The highest BCUT2D eigenvalue weighted by Crippen LogP contribution is 2.62. The van der Waals surface area contributed by atoms with Crippen molar-refractivity contribution in [3.63, 3.8) is 0 Å². The van der Waals surface area contributed by atoms with Gasteiger partial charge in [0, 0.05) is 30.5 Å². The van der Waals surface area contributed by atoms with Crippen LogP contribution in [0.4, 0.5) is 0 Å². The molecule has 1 spiro atoms. The smallest absolute Gasteiger partial charge is 0.188 e. The van der Waals surface area contributed by atoms with E-state index >= 15 is 0 Å². The summed E-state index contributed by atoms with van der Waals surface area (Å²) in [6.07, 6.45) is 7.93. The van der Waals surface area contributed by atoms with Crippen molar-refractivity contribution in [3.05, 3.63) is 0 Å². The maximum atomic E-state index is 6.01. The molecule has 0 aromatic heterocycles. The maximum absolute atomic E-state index is 6.01. The molecule has 1 heterocycles. The number of guanidine groups is 1. The van der Waals surface area contributed by atoms with Gasteiger partial charge >= 0.3 is 0 Å². The molecule has 1 saturated heterocycles. The third kappa shape index (κ3) is 2.48. The van der Waals surface area contributed by atoms with Crippen LogP contribution in [-0.4, -0.2) is 31.3 Å². The number of nitrogens with one attached hydrogen (secondary N) is 1. The Morgan fingerprint density at radius 2 is 2.26 bits per heavy atom. The SMILES string of the molecule is CCCCN=C(N)NC1C2CCOC2C12CCC2.I. The highest BCUT2D eigenvalue weighted by atomic mass is 127. The Morgan fingerprint density at radius 3 is 2.89 bits per heavy atom. The van der Waals surface area contributed by atoms with E-state index in [1.807, 2.05) is 0 Å². The number of unbranched alkanes of at least 4 members (excludes halogenated alkanes) is 1. The van der Waals surface area contributed by atoms with Crippen LogP contribution in [0.5, 0.6) is 0 Å². The number of aliphatic imine (C=N–C) groups is 1. The van der Waals surface area contributed by atoms with Gasteiger partial charge in [-0.05, 0) is 25.7 Å². The van der Waals surface area contributed by atoms with E-state index in [1.54, 1.807) is 0 Å². The van der Waals surface area contributed by atoms with Gasteiger partial charge in [-0.25, -0.2) is 0 Å². The van der Waals surface area contributed by atoms with Gasteiger partial charge < -0.3 is 15.8 Å². The van der Waals surface area contributed by atoms with E-state index in [4.69, 9.17) is 10.5 Å². The predicted molar refractivity (Wildman–Crippen MR) is 87.9 cm³/mol. The molecular formula is C14H26IN3O. The average Bonchev–Trinajstić information content (AvgIpc) is 2.70. The zero-order valence-electron chi connectivity index (χ0n) is 11.7. The fraction of sp³-hybridized carbons (Fsp3) is 0.929. The molecule has 3 unspecified atom stereocenters. The number of rotatable bonds is 4. The van der Waals surface area contributed by atoms with Gasteiger partial charge in [0.2, 0.25) is 0 Å². The fourth-order valence-corrected chi connectivity index (χ4v) is 4.02. The van der Waals surface area contributed by atoms with E-state index in [9.17, 15) is 0 Å². The van der Waals surface area contributed by atoms with Crippen molar-refractivity contribution in [3.8, 4) is 0 Å². The Labute approximate surface area is 133 Å². The molecule has 2 saturated carbocycles. The average molecular weight is 379 g/mol. The highest BCUT2D eigenvalue weighted by Gasteiger charge is 2.66. The topological polar surface area (TPSA) is 59.6 Å². The lowest BCUT2D eigenvalue weighted by Crippen LogP contribution is -2.72. The second-order valence-corrected chi connectivity index (χ2v) is 6.07. The Morgan fingerprint density at radius 1 is 1.47 bits per heavy atom. The molecule has 2 aliphatic carbocycles. The first-order valence-corrected chi connectivity index (χ1v) is 7.46. The fourth-order valence-electron chi connectivity index (χ4n) is 4.02. The number of hydrogen-bond acceptors (Lipinski definition) is 2. The molecule has 1 aliphatic heterocycles. The minimum Gasteiger partial charge on any atom is -0.377 e. The van der Waals surface area contributed by atoms with E-state index in [2.05, 4.69) is 17.2 Å². The predicted octanol–water partition coefficient (Wildman–Crippen LogP) is 2.27. The van der Waals surface area contributed by atoms with E-state index in [0.717, 1.165) is 19.6 Å². The zero-order chi connectivity index (χ0) is 12.6. The largest absolute Gasteiger partial charge is 0.377 e. The molecule has 3 fully saturated rings. The van der Waals surface area contributed by atoms with E-state index < -0.39 is 0 Å². The summed E-state index contributed by atoms with van der Waals surface area (Å²) < 4.78 is 5.90. The molecule has 0 bridgehead atoms. The first-order chi connectivity index (χ1) is 8.78. The quantitative estimate of drug-likeness (QED) is 0.341. The summed E-state index contributed by atoms with van der Waals surface area (Å²) in [5.41, 5.74) is 6.40. The Balaban J connectivity index is 0.00000133. The molecule has 0 amide bonds. The van der Waals surface area contributed by atoms with Gasteiger partial charge in [0.25, 0.3) is 0 Å². The summed E-state index contributed by atoms with van der Waals surface area (Å²) in [6.45, 7) is 3.96. The summed E-state index contributed by atoms with van der Waals surface area (Å²) in [5.74, 6) is 1.32. The number of ether oxygens (including phenoxy) is 1. The van der Waals surface area contributed by atoms with Gasteiger partial charge in [-0.1, -0.05) is 19.8 Å². The number of fused-ring (bicyclic) bond motifs is 2. The van der Waals surface area contributed by atoms with Crippen LogP contribution in [0.1, 0.15) is 45.4 Å². The molecule has 3 atom stereocenters. The summed E-state index contributed by atoms with van der Waals surface area (Å²) in [6, 6.07) is 0.518. The lowest BCUT2D eigenvalue weighted by Gasteiger charge is -2.63. The van der Waals surface area contributed by atoms with Crippen molar-refractivity contribution < 1.29 is 4.74 Å². The monoisotopic (exact) mass is 379 g/mol. The first-order valence-electron chi connectivity index (χ1n) is 7.46. The summed E-state index contributed by atoms with van der Waals surface area (Å²) in [5, 5.41) is 3.49. The molecule has 3 aliphatic rings. The number of nitrogens with two attached hydrogens (primary N) is 1. The lowest BCUT2D eigenvalue weighted by atomic mass is 9.46. The molecular weight excluding hydrogens is 353 g/mol. The van der Waals surface area contributed by atoms with E-state index in [1.165, 1.54) is 32.1 Å². The Hall–Kier alpha value is -0.0400. The number of hydrogen-bond donors (Lipinski definition) is 2. The standard InChI is InChI=1S/C14H25N3O.HI/c1-2-3-8-16-13(15)17-11-10-5-9-18-12(10)14(11)6-4-7-14;/h10-12H,2-9H2,1H3,(H3,15,16,17);1H. The van der Waals surface area contributed by atoms with Crippen molar-refractivity contribution in [2.24, 2.45) is 22.1 Å². The van der Waals surface area contributed by atoms with Crippen molar-refractivity contribution in [2.75, 3.05) is 13.2 Å². The van der Waals surface area contributed by atoms with Crippen LogP contribution in [0.3, 0.4) is 0 Å². The molecule has 4 nitrogen and oxygen atoms in total. The van der Waals surface area contributed by atoms with Crippen molar-refractivity contribution in [2.45, 2.75) is 57.6 Å². The normalized spacial score (nSPS) is 35.0. The van der Waals surface area contributed by atoms with Gasteiger partial charge in [-0.15, -0.1) is 24.0 Å². The summed E-state index contributed by atoms with van der Waals surface area (Å²) in [7, 11) is 0. The van der Waals surface area contributed by atoms with Crippen LogP contribution in [0.25, 0.3) is 0 Å². The lowest BCUT2D eigenvalue weighted by molar-refractivity contribution is -0.171. The van der Waals surface area contributed by atoms with Gasteiger partial charge in [0.15, 0.2) is 5.96 Å². The van der Waals surface area contributed by atoms with Crippen LogP contribution in [0.15, 0.2) is 4.99 Å². The molecule has 0 radical (unpaired) electrons. The molecule has 0 aromatic carbocycles. The van der Waals surface area contributed by atoms with E-state index in [0.29, 0.717) is 29.4 Å². The second kappa shape index (κ2) is 6.16. The van der Waals surface area contributed by atoms with Crippen molar-refractivity contribution in [1.29, 1.82) is 0 Å². The van der Waals surface area contributed by atoms with Crippen LogP contribution in [0.2, 0.25) is 0 Å². The minimum absolute atomic E-state index is 0. The third-order valence-corrected chi connectivity index (χ3v) is 5.13. The first kappa shape index (κ1) is 15.4. The van der Waals surface area contributed by atoms with Crippen LogP contribution >= 0.6 is 24.0 Å². The van der Waals surface area contributed by atoms with Gasteiger partial charge in [0.05, 0.1) is 6.10 Å². The van der Waals surface area contributed by atoms with E-state index in [-0.39, 0.29) is 24.0 Å². The molecule has 0 aromatic rings. The molecule has 19 heavy (non-hydrogen) atoms. The van der Waals surface area contributed by atoms with Gasteiger partial charge in [-0.3, -0.25) is 4.99 Å². The summed E-state index contributed by atoms with van der Waals surface area (Å²) >= 11 is 0. The van der Waals surface area contributed by atoms with Crippen LogP contribution in [0, 0.1) is 11.3 Å². The zero-order valence-corrected chi connectivity index (χ0v) is 14.1. The number of halogens is 1. The van der Waals surface area contributed by atoms with Crippen LogP contribution < -0.4 is 11.1 Å². The third-order valence-electron chi connectivity index (χ3n) is 5.13. The molecule has 5 heteroatoms. The Kier molecular flexibility index (Phi) is 4.98. The Bertz CT molecular complexity index is 344. The van der Waals surface area contributed by atoms with Crippen molar-refractivity contribution in [1.82, 2.24) is 5.32 Å². The number of nitrogens with zero attached hydrogens (tertiary/aromatic N) is 1. The molecule has 3 rings (SSSR count). The van der Waals surface area contributed by atoms with Gasteiger partial charge in [-0.2, -0.15) is 0 Å². The highest BCUT2D eigenvalue weighted by molar-refractivity contribution is 14.0.